The van der Waals surface area contributed by atoms with Gasteiger partial charge in [-0.25, -0.2) is 13.2 Å². The maximum atomic E-state index is 14.2. The van der Waals surface area contributed by atoms with Crippen LogP contribution < -0.4 is 4.90 Å². The molecule has 4 nitrogen and oxygen atoms in total. The third kappa shape index (κ3) is 4.36. The molecule has 2 heterocycles. The monoisotopic (exact) mass is 455 g/mol. The molecule has 4 rings (SSSR count). The minimum atomic E-state index is -0.901. The summed E-state index contributed by atoms with van der Waals surface area (Å²) in [6, 6.07) is 10.5. The summed E-state index contributed by atoms with van der Waals surface area (Å²) in [5.41, 5.74) is 4.67. The minimum absolute atomic E-state index is 0.0916. The van der Waals surface area contributed by atoms with Crippen LogP contribution in [0.15, 0.2) is 42.5 Å². The lowest BCUT2D eigenvalue weighted by Gasteiger charge is -2.36. The zero-order chi connectivity index (χ0) is 23.7. The van der Waals surface area contributed by atoms with Crippen LogP contribution in [0.2, 0.25) is 0 Å². The number of halogens is 3. The highest BCUT2D eigenvalue weighted by molar-refractivity contribution is 5.95. The Labute approximate surface area is 192 Å². The number of piperazine rings is 1. The van der Waals surface area contributed by atoms with Crippen molar-refractivity contribution < 1.29 is 18.0 Å². The van der Waals surface area contributed by atoms with Crippen molar-refractivity contribution in [3.05, 3.63) is 88.0 Å². The van der Waals surface area contributed by atoms with Gasteiger partial charge in [0.25, 0.3) is 5.91 Å². The van der Waals surface area contributed by atoms with Gasteiger partial charge in [-0.2, -0.15) is 0 Å². The van der Waals surface area contributed by atoms with Crippen molar-refractivity contribution in [2.75, 3.05) is 31.1 Å². The van der Waals surface area contributed by atoms with E-state index in [9.17, 15) is 18.0 Å². The third-order valence-electron chi connectivity index (χ3n) is 6.56. The Hall–Kier alpha value is -3.22. The summed E-state index contributed by atoms with van der Waals surface area (Å²) in [6.45, 7) is 8.24. The predicted octanol–water partition coefficient (Wildman–Crippen LogP) is 5.10. The summed E-state index contributed by atoms with van der Waals surface area (Å²) in [5.74, 6) is -2.15. The van der Waals surface area contributed by atoms with E-state index in [-0.39, 0.29) is 18.3 Å². The van der Waals surface area contributed by atoms with Crippen molar-refractivity contribution >= 4 is 11.6 Å². The third-order valence-corrected chi connectivity index (χ3v) is 6.56. The number of aromatic nitrogens is 1. The van der Waals surface area contributed by atoms with E-state index in [1.54, 1.807) is 29.2 Å². The lowest BCUT2D eigenvalue weighted by Crippen LogP contribution is -2.49. The van der Waals surface area contributed by atoms with E-state index in [1.807, 2.05) is 30.2 Å². The van der Waals surface area contributed by atoms with Gasteiger partial charge in [-0.3, -0.25) is 4.79 Å². The molecule has 33 heavy (non-hydrogen) atoms. The Morgan fingerprint density at radius 1 is 0.909 bits per heavy atom. The van der Waals surface area contributed by atoms with Crippen LogP contribution in [-0.4, -0.2) is 41.6 Å². The highest BCUT2D eigenvalue weighted by Crippen LogP contribution is 2.27. The van der Waals surface area contributed by atoms with Crippen LogP contribution in [0, 0.1) is 31.3 Å². The first kappa shape index (κ1) is 23.0. The Morgan fingerprint density at radius 2 is 1.61 bits per heavy atom. The number of nitrogens with zero attached hydrogens (tertiary/aromatic N) is 3. The molecule has 7 heteroatoms. The molecule has 0 bridgehead atoms. The molecule has 0 saturated carbocycles. The average molecular weight is 456 g/mol. The molecule has 2 aromatic carbocycles. The molecule has 0 radical (unpaired) electrons. The zero-order valence-electron chi connectivity index (χ0n) is 19.2. The topological polar surface area (TPSA) is 28.5 Å². The fourth-order valence-electron chi connectivity index (χ4n) is 4.77. The lowest BCUT2D eigenvalue weighted by atomic mass is 10.1. The van der Waals surface area contributed by atoms with Gasteiger partial charge in [0.05, 0.1) is 5.69 Å². The number of amides is 1. The summed E-state index contributed by atoms with van der Waals surface area (Å²) in [4.78, 5) is 17.4. The highest BCUT2D eigenvalue weighted by Gasteiger charge is 2.29. The first-order chi connectivity index (χ1) is 15.8. The molecule has 1 amide bonds. The first-order valence-corrected chi connectivity index (χ1v) is 11.2. The van der Waals surface area contributed by atoms with Crippen molar-refractivity contribution in [1.29, 1.82) is 0 Å². The number of anilines is 1. The predicted molar refractivity (Wildman–Crippen MR) is 123 cm³/mol. The molecular weight excluding hydrogens is 427 g/mol. The van der Waals surface area contributed by atoms with Gasteiger partial charge in [0.1, 0.15) is 11.5 Å². The minimum Gasteiger partial charge on any atom is -0.366 e. The summed E-state index contributed by atoms with van der Waals surface area (Å²) in [5, 5.41) is 0. The molecule has 0 spiro atoms. The molecule has 0 N–H and O–H groups in total. The summed E-state index contributed by atoms with van der Waals surface area (Å²) >= 11 is 0. The van der Waals surface area contributed by atoms with Gasteiger partial charge in [-0.1, -0.05) is 25.1 Å². The van der Waals surface area contributed by atoms with Crippen LogP contribution >= 0.6 is 0 Å². The molecule has 0 atom stereocenters. The number of benzene rings is 2. The van der Waals surface area contributed by atoms with E-state index < -0.39 is 11.6 Å². The Balaban J connectivity index is 1.59. The van der Waals surface area contributed by atoms with Gasteiger partial charge in [0.15, 0.2) is 11.6 Å². The second-order valence-corrected chi connectivity index (χ2v) is 8.46. The second kappa shape index (κ2) is 9.33. The zero-order valence-corrected chi connectivity index (χ0v) is 19.2. The van der Waals surface area contributed by atoms with Crippen LogP contribution in [0.25, 0.3) is 0 Å². The van der Waals surface area contributed by atoms with Crippen LogP contribution in [0.4, 0.5) is 18.9 Å². The molecule has 0 aliphatic carbocycles. The van der Waals surface area contributed by atoms with E-state index in [4.69, 9.17) is 0 Å². The fourth-order valence-corrected chi connectivity index (χ4v) is 4.77. The van der Waals surface area contributed by atoms with Crippen molar-refractivity contribution in [2.45, 2.75) is 33.7 Å². The van der Waals surface area contributed by atoms with Crippen molar-refractivity contribution in [1.82, 2.24) is 9.47 Å². The van der Waals surface area contributed by atoms with Gasteiger partial charge < -0.3 is 14.4 Å². The van der Waals surface area contributed by atoms with Gasteiger partial charge in [-0.05, 0) is 61.2 Å². The summed E-state index contributed by atoms with van der Waals surface area (Å²) < 4.78 is 43.3. The Kier molecular flexibility index (Phi) is 6.49. The number of rotatable bonds is 5. The van der Waals surface area contributed by atoms with E-state index in [1.165, 1.54) is 12.1 Å². The first-order valence-electron chi connectivity index (χ1n) is 11.2. The molecule has 1 aliphatic heterocycles. The fraction of sp³-hybridized carbons (Fsp3) is 0.346. The van der Waals surface area contributed by atoms with E-state index in [0.29, 0.717) is 43.1 Å². The van der Waals surface area contributed by atoms with Crippen LogP contribution in [-0.2, 0) is 13.0 Å². The molecule has 1 fully saturated rings. The van der Waals surface area contributed by atoms with E-state index >= 15 is 0 Å². The number of para-hydroxylation sites is 1. The summed E-state index contributed by atoms with van der Waals surface area (Å²) in [7, 11) is 0. The average Bonchev–Trinajstić information content (AvgIpc) is 3.05. The summed E-state index contributed by atoms with van der Waals surface area (Å²) in [6.07, 6.45) is 0.768. The maximum absolute atomic E-state index is 14.2. The molecule has 1 saturated heterocycles. The van der Waals surface area contributed by atoms with E-state index in [2.05, 4.69) is 0 Å². The van der Waals surface area contributed by atoms with Gasteiger partial charge in [0.2, 0.25) is 0 Å². The van der Waals surface area contributed by atoms with Crippen molar-refractivity contribution in [2.24, 2.45) is 0 Å². The molecule has 3 aromatic rings. The SMILES string of the molecule is CCc1c(C)c(C(=O)N2CCN(c3ccccc3F)CC2)n(Cc2ccc(F)c(F)c2)c1C. The standard InChI is InChI=1S/C26H28F3N3O/c1-4-20-17(2)25(32(18(20)3)16-19-9-10-21(27)23(29)15-19)26(33)31-13-11-30(12-14-31)24-8-6-5-7-22(24)28/h5-10,15H,4,11-14,16H2,1-3H3. The number of hydrogen-bond acceptors (Lipinski definition) is 2. The molecule has 1 aliphatic rings. The quantitative estimate of drug-likeness (QED) is 0.536. The van der Waals surface area contributed by atoms with Gasteiger partial charge >= 0.3 is 0 Å². The smallest absolute Gasteiger partial charge is 0.270 e. The molecule has 1 aromatic heterocycles. The highest BCUT2D eigenvalue weighted by atomic mass is 19.2. The van der Waals surface area contributed by atoms with E-state index in [0.717, 1.165) is 29.3 Å². The maximum Gasteiger partial charge on any atom is 0.270 e. The molecule has 174 valence electrons. The van der Waals surface area contributed by atoms with Crippen LogP contribution in [0.5, 0.6) is 0 Å². The van der Waals surface area contributed by atoms with Crippen molar-refractivity contribution in [3.8, 4) is 0 Å². The normalized spacial score (nSPS) is 14.1. The lowest BCUT2D eigenvalue weighted by molar-refractivity contribution is 0.0735. The largest absolute Gasteiger partial charge is 0.366 e. The Morgan fingerprint density at radius 3 is 2.24 bits per heavy atom. The second-order valence-electron chi connectivity index (χ2n) is 8.46. The Bertz CT molecular complexity index is 1180. The van der Waals surface area contributed by atoms with Crippen molar-refractivity contribution in [3.63, 3.8) is 0 Å². The van der Waals surface area contributed by atoms with Crippen LogP contribution in [0.1, 0.15) is 39.8 Å². The molecule has 0 unspecified atom stereocenters. The van der Waals surface area contributed by atoms with Crippen LogP contribution in [0.3, 0.4) is 0 Å². The number of carbonyl (C=O) groups is 1. The van der Waals surface area contributed by atoms with Gasteiger partial charge in [-0.15, -0.1) is 0 Å². The molecular formula is C26H28F3N3O. The number of carbonyl (C=O) groups excluding carboxylic acids is 1. The number of hydrogen-bond donors (Lipinski definition) is 0. The van der Waals surface area contributed by atoms with Gasteiger partial charge in [0, 0.05) is 38.4 Å².